The summed E-state index contributed by atoms with van der Waals surface area (Å²) in [6.45, 7) is 2.64. The third-order valence-electron chi connectivity index (χ3n) is 3.85. The molecule has 1 aromatic heterocycles. The van der Waals surface area contributed by atoms with E-state index in [-0.39, 0.29) is 11.9 Å². The number of rotatable bonds is 5. The van der Waals surface area contributed by atoms with Crippen LogP contribution in [-0.4, -0.2) is 32.2 Å². The van der Waals surface area contributed by atoms with Crippen LogP contribution in [-0.2, 0) is 6.54 Å². The Hall–Kier alpha value is -2.60. The highest BCUT2D eigenvalue weighted by Gasteiger charge is 2.20. The van der Waals surface area contributed by atoms with E-state index in [1.54, 1.807) is 16.8 Å². The molecule has 0 unspecified atom stereocenters. The Morgan fingerprint density at radius 2 is 1.91 bits per heavy atom. The van der Waals surface area contributed by atoms with Gasteiger partial charge in [0.05, 0.1) is 11.7 Å². The molecular formula is C17H18FN5. The van der Waals surface area contributed by atoms with Gasteiger partial charge in [0.1, 0.15) is 5.82 Å². The minimum Gasteiger partial charge on any atom is -0.292 e. The normalized spacial score (nSPS) is 12.5. The predicted octanol–water partition coefficient (Wildman–Crippen LogP) is 2.99. The van der Waals surface area contributed by atoms with Crippen LogP contribution in [0.25, 0.3) is 5.69 Å². The molecule has 3 rings (SSSR count). The highest BCUT2D eigenvalue weighted by molar-refractivity contribution is 5.31. The maximum atomic E-state index is 13.3. The van der Waals surface area contributed by atoms with Crippen molar-refractivity contribution < 1.29 is 4.39 Å². The van der Waals surface area contributed by atoms with Crippen molar-refractivity contribution in [1.29, 1.82) is 0 Å². The second-order valence-corrected chi connectivity index (χ2v) is 5.51. The molecule has 0 spiro atoms. The predicted molar refractivity (Wildman–Crippen MR) is 85.4 cm³/mol. The third-order valence-corrected chi connectivity index (χ3v) is 3.85. The van der Waals surface area contributed by atoms with Crippen LogP contribution in [0.5, 0.6) is 0 Å². The molecule has 1 atom stereocenters. The first-order valence-electron chi connectivity index (χ1n) is 7.43. The van der Waals surface area contributed by atoms with Crippen LogP contribution < -0.4 is 0 Å². The van der Waals surface area contributed by atoms with Gasteiger partial charge in [0, 0.05) is 6.54 Å². The van der Waals surface area contributed by atoms with Crippen LogP contribution in [0.4, 0.5) is 4.39 Å². The number of halogens is 1. The quantitative estimate of drug-likeness (QED) is 0.727. The van der Waals surface area contributed by atoms with E-state index in [9.17, 15) is 4.39 Å². The molecule has 3 aromatic rings. The summed E-state index contributed by atoms with van der Waals surface area (Å²) in [4.78, 5) is 2.08. The van der Waals surface area contributed by atoms with Crippen LogP contribution >= 0.6 is 0 Å². The largest absolute Gasteiger partial charge is 0.292 e. The van der Waals surface area contributed by atoms with Gasteiger partial charge in [-0.2, -0.15) is 4.68 Å². The lowest BCUT2D eigenvalue weighted by Gasteiger charge is -2.23. The number of tetrazole rings is 1. The molecule has 0 N–H and O–H groups in total. The molecule has 0 saturated carbocycles. The van der Waals surface area contributed by atoms with Crippen molar-refractivity contribution in [2.75, 3.05) is 7.05 Å². The van der Waals surface area contributed by atoms with E-state index in [0.29, 0.717) is 6.54 Å². The zero-order chi connectivity index (χ0) is 16.2. The molecule has 23 heavy (non-hydrogen) atoms. The first-order valence-corrected chi connectivity index (χ1v) is 7.43. The maximum absolute atomic E-state index is 13.3. The Morgan fingerprint density at radius 1 is 1.13 bits per heavy atom. The summed E-state index contributed by atoms with van der Waals surface area (Å²) in [5.74, 6) is 0.521. The van der Waals surface area contributed by atoms with Gasteiger partial charge in [-0.15, -0.1) is 5.10 Å². The zero-order valence-corrected chi connectivity index (χ0v) is 13.1. The molecule has 5 nitrogen and oxygen atoms in total. The van der Waals surface area contributed by atoms with Gasteiger partial charge in [-0.1, -0.05) is 30.3 Å². The van der Waals surface area contributed by atoms with Crippen molar-refractivity contribution in [2.24, 2.45) is 0 Å². The van der Waals surface area contributed by atoms with Crippen molar-refractivity contribution >= 4 is 0 Å². The summed E-state index contributed by atoms with van der Waals surface area (Å²) in [7, 11) is 1.97. The number of hydrogen-bond donors (Lipinski definition) is 0. The van der Waals surface area contributed by atoms with E-state index in [2.05, 4.69) is 20.4 Å². The fourth-order valence-corrected chi connectivity index (χ4v) is 2.46. The molecule has 0 fully saturated rings. The average molecular weight is 311 g/mol. The first-order chi connectivity index (χ1) is 11.1. The van der Waals surface area contributed by atoms with E-state index < -0.39 is 0 Å². The van der Waals surface area contributed by atoms with E-state index in [1.165, 1.54) is 6.07 Å². The lowest BCUT2D eigenvalue weighted by molar-refractivity contribution is 0.240. The Kier molecular flexibility index (Phi) is 4.43. The number of nitrogens with zero attached hydrogens (tertiary/aromatic N) is 5. The second kappa shape index (κ2) is 6.66. The molecule has 1 heterocycles. The summed E-state index contributed by atoms with van der Waals surface area (Å²) >= 11 is 0. The lowest BCUT2D eigenvalue weighted by atomic mass is 10.2. The zero-order valence-electron chi connectivity index (χ0n) is 13.1. The standard InChI is InChI=1S/C17H18FN5/c1-13(22(2)12-14-7-6-8-15(18)11-14)17-19-20-21-23(17)16-9-4-3-5-10-16/h3-11,13H,12H2,1-2H3/t13-/m1/s1. The van der Waals surface area contributed by atoms with Gasteiger partial charge in [-0.05, 0) is 54.2 Å². The molecule has 0 amide bonds. The highest BCUT2D eigenvalue weighted by atomic mass is 19.1. The van der Waals surface area contributed by atoms with Crippen molar-refractivity contribution in [3.8, 4) is 5.69 Å². The fourth-order valence-electron chi connectivity index (χ4n) is 2.46. The molecule has 0 bridgehead atoms. The number of benzene rings is 2. The number of para-hydroxylation sites is 1. The van der Waals surface area contributed by atoms with Crippen LogP contribution in [0.3, 0.4) is 0 Å². The molecular weight excluding hydrogens is 293 g/mol. The van der Waals surface area contributed by atoms with Crippen molar-refractivity contribution in [3.63, 3.8) is 0 Å². The second-order valence-electron chi connectivity index (χ2n) is 5.51. The lowest BCUT2D eigenvalue weighted by Crippen LogP contribution is -2.24. The fraction of sp³-hybridized carbons (Fsp3) is 0.235. The summed E-state index contributed by atoms with van der Waals surface area (Å²) in [5.41, 5.74) is 1.83. The summed E-state index contributed by atoms with van der Waals surface area (Å²) in [6, 6.07) is 16.4. The molecule has 0 aliphatic rings. The van der Waals surface area contributed by atoms with E-state index in [4.69, 9.17) is 0 Å². The van der Waals surface area contributed by atoms with Gasteiger partial charge in [0.15, 0.2) is 5.82 Å². The van der Waals surface area contributed by atoms with Gasteiger partial charge < -0.3 is 0 Å². The highest BCUT2D eigenvalue weighted by Crippen LogP contribution is 2.20. The summed E-state index contributed by atoms with van der Waals surface area (Å²) < 4.78 is 15.1. The number of hydrogen-bond acceptors (Lipinski definition) is 4. The Bertz CT molecular complexity index is 771. The van der Waals surface area contributed by atoms with E-state index >= 15 is 0 Å². The first kappa shape index (κ1) is 15.3. The molecule has 0 aliphatic carbocycles. The Labute approximate surface area is 134 Å². The Morgan fingerprint density at radius 3 is 2.65 bits per heavy atom. The molecule has 0 aliphatic heterocycles. The molecule has 0 saturated heterocycles. The minimum absolute atomic E-state index is 0.0199. The molecule has 2 aromatic carbocycles. The smallest absolute Gasteiger partial charge is 0.173 e. The van der Waals surface area contributed by atoms with Crippen molar-refractivity contribution in [1.82, 2.24) is 25.1 Å². The summed E-state index contributed by atoms with van der Waals surface area (Å²) in [6.07, 6.45) is 0. The van der Waals surface area contributed by atoms with E-state index in [0.717, 1.165) is 17.1 Å². The van der Waals surface area contributed by atoms with Gasteiger partial charge in [-0.25, -0.2) is 4.39 Å². The van der Waals surface area contributed by atoms with Crippen LogP contribution in [0, 0.1) is 5.82 Å². The van der Waals surface area contributed by atoms with Crippen molar-refractivity contribution in [2.45, 2.75) is 19.5 Å². The van der Waals surface area contributed by atoms with Gasteiger partial charge >= 0.3 is 0 Å². The van der Waals surface area contributed by atoms with E-state index in [1.807, 2.05) is 50.4 Å². The van der Waals surface area contributed by atoms with Crippen molar-refractivity contribution in [3.05, 3.63) is 71.8 Å². The SMILES string of the molecule is C[C@H](c1nnnn1-c1ccccc1)N(C)Cc1cccc(F)c1. The third kappa shape index (κ3) is 3.43. The molecule has 6 heteroatoms. The monoisotopic (exact) mass is 311 g/mol. The summed E-state index contributed by atoms with van der Waals surface area (Å²) in [5, 5.41) is 12.0. The van der Waals surface area contributed by atoms with Gasteiger partial charge in [-0.3, -0.25) is 4.90 Å². The molecule has 118 valence electrons. The minimum atomic E-state index is -0.224. The van der Waals surface area contributed by atoms with Gasteiger partial charge in [0.2, 0.25) is 0 Å². The van der Waals surface area contributed by atoms with Crippen LogP contribution in [0.15, 0.2) is 54.6 Å². The van der Waals surface area contributed by atoms with Gasteiger partial charge in [0.25, 0.3) is 0 Å². The topological polar surface area (TPSA) is 46.8 Å². The van der Waals surface area contributed by atoms with Crippen LogP contribution in [0.1, 0.15) is 24.4 Å². The molecule has 0 radical (unpaired) electrons. The average Bonchev–Trinajstić information content (AvgIpc) is 3.04. The number of aromatic nitrogens is 4. The van der Waals surface area contributed by atoms with Crippen LogP contribution in [0.2, 0.25) is 0 Å². The Balaban J connectivity index is 1.81. The maximum Gasteiger partial charge on any atom is 0.173 e.